The first-order valence-electron chi connectivity index (χ1n) is 10.0. The number of furan rings is 1. The van der Waals surface area contributed by atoms with Crippen molar-refractivity contribution in [1.29, 1.82) is 5.26 Å². The number of carbonyl (C=O) groups excluding carboxylic acids is 1. The smallest absolute Gasteiger partial charge is 0.205 e. The number of ether oxygens (including phenoxy) is 3. The van der Waals surface area contributed by atoms with E-state index in [1.165, 1.54) is 0 Å². The van der Waals surface area contributed by atoms with Gasteiger partial charge in [-0.3, -0.25) is 4.79 Å². The summed E-state index contributed by atoms with van der Waals surface area (Å²) in [7, 11) is 1.60. The molecule has 0 radical (unpaired) electrons. The third-order valence-electron chi connectivity index (χ3n) is 5.48. The summed E-state index contributed by atoms with van der Waals surface area (Å²) in [5.74, 6) is 2.26. The summed E-state index contributed by atoms with van der Waals surface area (Å²) in [6.07, 6.45) is 0.941. The molecule has 4 rings (SSSR count). The average Bonchev–Trinajstić information content (AvgIpc) is 3.19. The molecular weight excluding hydrogens is 396 g/mol. The molecule has 7 heteroatoms. The number of nitrogens with two attached hydrogens (primary N) is 1. The van der Waals surface area contributed by atoms with Crippen LogP contribution in [-0.2, 0) is 16.1 Å². The summed E-state index contributed by atoms with van der Waals surface area (Å²) in [5, 5.41) is 9.70. The van der Waals surface area contributed by atoms with Gasteiger partial charge in [-0.05, 0) is 41.8 Å². The topological polar surface area (TPSA) is 108 Å². The second-order valence-corrected chi connectivity index (χ2v) is 8.47. The van der Waals surface area contributed by atoms with Crippen LogP contribution in [0.5, 0.6) is 11.5 Å². The van der Waals surface area contributed by atoms with Crippen molar-refractivity contribution in [2.75, 3.05) is 7.11 Å². The minimum atomic E-state index is -0.674. The molecule has 0 fully saturated rings. The fraction of sp³-hybridized carbons (Fsp3) is 0.333. The lowest BCUT2D eigenvalue weighted by molar-refractivity contribution is -0.119. The Kier molecular flexibility index (Phi) is 5.24. The number of rotatable bonds is 5. The van der Waals surface area contributed by atoms with Gasteiger partial charge in [-0.1, -0.05) is 13.8 Å². The summed E-state index contributed by atoms with van der Waals surface area (Å²) in [5.41, 5.74) is 6.45. The maximum atomic E-state index is 13.0. The maximum absolute atomic E-state index is 13.0. The van der Waals surface area contributed by atoms with Gasteiger partial charge in [0.1, 0.15) is 47.0 Å². The van der Waals surface area contributed by atoms with Crippen molar-refractivity contribution in [3.8, 4) is 17.6 Å². The van der Waals surface area contributed by atoms with E-state index in [1.54, 1.807) is 31.4 Å². The summed E-state index contributed by atoms with van der Waals surface area (Å²) < 4.78 is 22.6. The molecule has 0 bridgehead atoms. The fourth-order valence-corrected chi connectivity index (χ4v) is 4.02. The molecule has 1 atom stereocenters. The summed E-state index contributed by atoms with van der Waals surface area (Å²) >= 11 is 0. The summed E-state index contributed by atoms with van der Waals surface area (Å²) in [4.78, 5) is 13.0. The van der Waals surface area contributed by atoms with Gasteiger partial charge in [0.15, 0.2) is 5.78 Å². The number of Topliss-reactive ketones (excluding diaryl/α,β-unsaturated/α-hetero) is 1. The van der Waals surface area contributed by atoms with Gasteiger partial charge in [-0.25, -0.2) is 0 Å². The molecule has 1 aliphatic carbocycles. The van der Waals surface area contributed by atoms with E-state index < -0.39 is 5.92 Å². The Hall–Kier alpha value is -3.66. The van der Waals surface area contributed by atoms with E-state index in [1.807, 2.05) is 26.0 Å². The van der Waals surface area contributed by atoms with Gasteiger partial charge >= 0.3 is 0 Å². The molecule has 160 valence electrons. The molecule has 0 saturated carbocycles. The Morgan fingerprint density at radius 3 is 2.55 bits per heavy atom. The molecule has 2 aromatic rings. The lowest BCUT2D eigenvalue weighted by Crippen LogP contribution is -2.33. The quantitative estimate of drug-likeness (QED) is 0.767. The number of carbonyl (C=O) groups is 1. The summed E-state index contributed by atoms with van der Waals surface area (Å²) in [6, 6.07) is 12.8. The second-order valence-electron chi connectivity index (χ2n) is 8.47. The predicted molar refractivity (Wildman–Crippen MR) is 112 cm³/mol. The van der Waals surface area contributed by atoms with Gasteiger partial charge in [0.25, 0.3) is 0 Å². The van der Waals surface area contributed by atoms with Gasteiger partial charge in [0.05, 0.1) is 13.0 Å². The number of benzene rings is 1. The molecule has 1 aromatic carbocycles. The third kappa shape index (κ3) is 4.02. The normalized spacial score (nSPS) is 20.1. The number of allylic oxidation sites excluding steroid dienone is 3. The third-order valence-corrected chi connectivity index (χ3v) is 5.48. The zero-order valence-electron chi connectivity index (χ0n) is 17.7. The number of hydrogen-bond donors (Lipinski definition) is 1. The van der Waals surface area contributed by atoms with E-state index in [0.29, 0.717) is 41.4 Å². The van der Waals surface area contributed by atoms with Crippen LogP contribution in [0.3, 0.4) is 0 Å². The monoisotopic (exact) mass is 420 g/mol. The molecule has 2 aliphatic rings. The molecule has 0 amide bonds. The van der Waals surface area contributed by atoms with Crippen molar-refractivity contribution in [3.63, 3.8) is 0 Å². The molecule has 0 unspecified atom stereocenters. The Morgan fingerprint density at radius 2 is 1.87 bits per heavy atom. The van der Waals surface area contributed by atoms with E-state index in [-0.39, 0.29) is 29.3 Å². The zero-order valence-corrected chi connectivity index (χ0v) is 17.7. The van der Waals surface area contributed by atoms with Crippen LogP contribution in [0.2, 0.25) is 0 Å². The summed E-state index contributed by atoms with van der Waals surface area (Å²) in [6.45, 7) is 4.21. The first-order valence-corrected chi connectivity index (χ1v) is 10.0. The average molecular weight is 420 g/mol. The van der Waals surface area contributed by atoms with Gasteiger partial charge in [0, 0.05) is 18.4 Å². The van der Waals surface area contributed by atoms with Crippen molar-refractivity contribution >= 4 is 5.78 Å². The largest absolute Gasteiger partial charge is 0.497 e. The lowest BCUT2D eigenvalue weighted by Gasteiger charge is -2.36. The van der Waals surface area contributed by atoms with Crippen LogP contribution >= 0.6 is 0 Å². The molecule has 1 aromatic heterocycles. The van der Waals surface area contributed by atoms with Crippen LogP contribution in [0, 0.1) is 16.7 Å². The predicted octanol–water partition coefficient (Wildman–Crippen LogP) is 4.32. The standard InChI is InChI=1S/C24H24N2O5/c1-24(2)10-18(27)22-20(11-24)31-23(26)17(12-25)21(22)19-9-8-16(30-19)13-29-15-6-4-14(28-3)5-7-15/h4-9,21H,10-11,13,26H2,1-3H3/t21-/m1/s1. The Morgan fingerprint density at radius 1 is 1.16 bits per heavy atom. The molecular formula is C24H24N2O5. The van der Waals surface area contributed by atoms with Crippen molar-refractivity contribution in [1.82, 2.24) is 0 Å². The second kappa shape index (κ2) is 7.88. The van der Waals surface area contributed by atoms with Crippen LogP contribution in [0.15, 0.2) is 63.6 Å². The number of methoxy groups -OCH3 is 1. The molecule has 2 N–H and O–H groups in total. The van der Waals surface area contributed by atoms with E-state index in [9.17, 15) is 10.1 Å². The Balaban J connectivity index is 1.60. The minimum Gasteiger partial charge on any atom is -0.497 e. The maximum Gasteiger partial charge on any atom is 0.205 e. The van der Waals surface area contributed by atoms with Crippen LogP contribution < -0.4 is 15.2 Å². The van der Waals surface area contributed by atoms with Crippen LogP contribution in [0.4, 0.5) is 0 Å². The highest BCUT2D eigenvalue weighted by atomic mass is 16.5. The lowest BCUT2D eigenvalue weighted by atomic mass is 9.71. The molecule has 0 saturated heterocycles. The highest BCUT2D eigenvalue weighted by Crippen LogP contribution is 2.48. The molecule has 2 heterocycles. The van der Waals surface area contributed by atoms with Crippen molar-refractivity contribution in [2.45, 2.75) is 39.2 Å². The van der Waals surface area contributed by atoms with Crippen molar-refractivity contribution < 1.29 is 23.4 Å². The zero-order chi connectivity index (χ0) is 22.2. The van der Waals surface area contributed by atoms with Crippen LogP contribution in [-0.4, -0.2) is 12.9 Å². The number of nitrogens with zero attached hydrogens (tertiary/aromatic N) is 1. The Labute approximate surface area is 180 Å². The van der Waals surface area contributed by atoms with Crippen LogP contribution in [0.25, 0.3) is 0 Å². The first-order chi connectivity index (χ1) is 14.8. The Bertz CT molecular complexity index is 1120. The number of nitriles is 1. The van der Waals surface area contributed by atoms with Gasteiger partial charge < -0.3 is 24.4 Å². The minimum absolute atomic E-state index is 0.0178. The van der Waals surface area contributed by atoms with Crippen molar-refractivity contribution in [2.24, 2.45) is 11.1 Å². The van der Waals surface area contributed by atoms with E-state index >= 15 is 0 Å². The molecule has 31 heavy (non-hydrogen) atoms. The molecule has 0 spiro atoms. The first kappa shape index (κ1) is 20.6. The van der Waals surface area contributed by atoms with E-state index in [0.717, 1.165) is 5.75 Å². The van der Waals surface area contributed by atoms with E-state index in [4.69, 9.17) is 24.4 Å². The fourth-order valence-electron chi connectivity index (χ4n) is 4.02. The highest BCUT2D eigenvalue weighted by Gasteiger charge is 2.44. The van der Waals surface area contributed by atoms with E-state index in [2.05, 4.69) is 6.07 Å². The van der Waals surface area contributed by atoms with Gasteiger partial charge in [0.2, 0.25) is 5.88 Å². The van der Waals surface area contributed by atoms with Gasteiger partial charge in [-0.2, -0.15) is 5.26 Å². The molecule has 7 nitrogen and oxygen atoms in total. The van der Waals surface area contributed by atoms with Gasteiger partial charge in [-0.15, -0.1) is 0 Å². The van der Waals surface area contributed by atoms with Crippen LogP contribution in [0.1, 0.15) is 44.1 Å². The highest BCUT2D eigenvalue weighted by molar-refractivity contribution is 5.99. The molecule has 1 aliphatic heterocycles. The number of ketones is 1. The number of hydrogen-bond acceptors (Lipinski definition) is 7. The van der Waals surface area contributed by atoms with Crippen molar-refractivity contribution in [3.05, 3.63) is 70.7 Å². The SMILES string of the molecule is COc1ccc(OCc2ccc([C@H]3C(C#N)=C(N)OC4=C3C(=O)CC(C)(C)C4)o2)cc1.